The van der Waals surface area contributed by atoms with Gasteiger partial charge in [0.1, 0.15) is 22.3 Å². The lowest BCUT2D eigenvalue weighted by molar-refractivity contribution is -0.117. The van der Waals surface area contributed by atoms with E-state index < -0.39 is 17.9 Å². The Kier molecular flexibility index (Phi) is 3.73. The minimum absolute atomic E-state index is 0.257. The standard InChI is InChI=1S/C17H10BrF2N5OS/c18-14-9(20)4-12-7(5-21-25-12)13(14)10-1-2-11-16(22-10)27-17(23-11)24-15(26)6-3-8(6)19/h1-2,4-6,8H,3H2,(H,21,25)(H,23,24,26)/t6-,8+/m1/s1. The maximum atomic E-state index is 14.2. The highest BCUT2D eigenvalue weighted by atomic mass is 79.9. The van der Waals surface area contributed by atoms with Crippen molar-refractivity contribution >= 4 is 59.6 Å². The van der Waals surface area contributed by atoms with Crippen LogP contribution >= 0.6 is 27.3 Å². The number of halogens is 3. The van der Waals surface area contributed by atoms with Crippen LogP contribution in [0.15, 0.2) is 28.9 Å². The lowest BCUT2D eigenvalue weighted by atomic mass is 10.1. The quantitative estimate of drug-likeness (QED) is 0.484. The van der Waals surface area contributed by atoms with E-state index in [4.69, 9.17) is 0 Å². The molecular weight excluding hydrogens is 440 g/mol. The summed E-state index contributed by atoms with van der Waals surface area (Å²) in [6.07, 6.45) is 0.807. The zero-order valence-electron chi connectivity index (χ0n) is 13.5. The number of amides is 1. The van der Waals surface area contributed by atoms with Crippen molar-refractivity contribution in [3.63, 3.8) is 0 Å². The van der Waals surface area contributed by atoms with Gasteiger partial charge in [-0.05, 0) is 34.5 Å². The molecule has 2 N–H and O–H groups in total. The average molecular weight is 450 g/mol. The molecule has 0 saturated heterocycles. The molecular formula is C17H10BrF2N5OS. The molecule has 0 aliphatic heterocycles. The van der Waals surface area contributed by atoms with Crippen molar-refractivity contribution in [2.24, 2.45) is 5.92 Å². The number of aromatic amines is 1. The number of rotatable bonds is 3. The van der Waals surface area contributed by atoms with Crippen LogP contribution in [0.25, 0.3) is 32.5 Å². The second kappa shape index (κ2) is 6.03. The average Bonchev–Trinajstić information content (AvgIpc) is 3.02. The molecule has 1 fully saturated rings. The first-order chi connectivity index (χ1) is 13.0. The van der Waals surface area contributed by atoms with Gasteiger partial charge in [-0.3, -0.25) is 9.89 Å². The third-order valence-electron chi connectivity index (χ3n) is 4.43. The highest BCUT2D eigenvalue weighted by molar-refractivity contribution is 9.10. The number of hydrogen-bond donors (Lipinski definition) is 2. The zero-order chi connectivity index (χ0) is 18.7. The monoisotopic (exact) mass is 449 g/mol. The fourth-order valence-electron chi connectivity index (χ4n) is 2.93. The number of aromatic nitrogens is 4. The summed E-state index contributed by atoms with van der Waals surface area (Å²) < 4.78 is 27.5. The van der Waals surface area contributed by atoms with Gasteiger partial charge < -0.3 is 5.32 Å². The SMILES string of the molecule is O=C(Nc1nc2ccc(-c3c(Br)c(F)cc4[nH]ncc34)nc2s1)[C@@H]1C[C@@H]1F. The molecule has 1 saturated carbocycles. The van der Waals surface area contributed by atoms with Crippen LogP contribution in [0.5, 0.6) is 0 Å². The first-order valence-electron chi connectivity index (χ1n) is 8.05. The molecule has 5 rings (SSSR count). The van der Waals surface area contributed by atoms with Gasteiger partial charge in [-0.1, -0.05) is 11.3 Å². The summed E-state index contributed by atoms with van der Waals surface area (Å²) >= 11 is 4.48. The first-order valence-corrected chi connectivity index (χ1v) is 9.66. The van der Waals surface area contributed by atoms with E-state index in [0.29, 0.717) is 36.7 Å². The Morgan fingerprint density at radius 3 is 2.96 bits per heavy atom. The van der Waals surface area contributed by atoms with Gasteiger partial charge in [0.05, 0.1) is 27.8 Å². The Balaban J connectivity index is 1.56. The van der Waals surface area contributed by atoms with Crippen LogP contribution in [0.3, 0.4) is 0 Å². The number of thiazole rings is 1. The summed E-state index contributed by atoms with van der Waals surface area (Å²) in [5.41, 5.74) is 2.29. The molecule has 1 amide bonds. The largest absolute Gasteiger partial charge is 0.302 e. The first kappa shape index (κ1) is 16.7. The number of nitrogens with one attached hydrogen (secondary N) is 2. The molecule has 27 heavy (non-hydrogen) atoms. The van der Waals surface area contributed by atoms with Gasteiger partial charge >= 0.3 is 0 Å². The number of carbonyl (C=O) groups is 1. The van der Waals surface area contributed by atoms with Crippen LogP contribution < -0.4 is 5.32 Å². The number of hydrogen-bond acceptors (Lipinski definition) is 5. The molecule has 1 aliphatic rings. The van der Waals surface area contributed by atoms with Gasteiger partial charge in [0.15, 0.2) is 5.13 Å². The van der Waals surface area contributed by atoms with Gasteiger partial charge in [0.25, 0.3) is 0 Å². The van der Waals surface area contributed by atoms with Gasteiger partial charge in [0, 0.05) is 17.0 Å². The second-order valence-corrected chi connectivity index (χ2v) is 8.04. The molecule has 1 aromatic carbocycles. The third-order valence-corrected chi connectivity index (χ3v) is 6.09. The highest BCUT2D eigenvalue weighted by Crippen LogP contribution is 2.38. The molecule has 0 unspecified atom stereocenters. The predicted octanol–water partition coefficient (Wildman–Crippen LogP) is 4.43. The van der Waals surface area contributed by atoms with Crippen molar-refractivity contribution in [3.05, 3.63) is 34.7 Å². The van der Waals surface area contributed by atoms with E-state index in [-0.39, 0.29) is 12.3 Å². The number of fused-ring (bicyclic) bond motifs is 2. The molecule has 1 aliphatic carbocycles. The van der Waals surface area contributed by atoms with E-state index in [2.05, 4.69) is 41.4 Å². The maximum absolute atomic E-state index is 14.2. The van der Waals surface area contributed by atoms with Crippen LogP contribution in [-0.4, -0.2) is 32.2 Å². The summed E-state index contributed by atoms with van der Waals surface area (Å²) in [6.45, 7) is 0. The number of pyridine rings is 1. The summed E-state index contributed by atoms with van der Waals surface area (Å²) in [6, 6.07) is 4.85. The molecule has 2 atom stereocenters. The molecule has 3 heterocycles. The fraction of sp³-hybridized carbons (Fsp3) is 0.176. The summed E-state index contributed by atoms with van der Waals surface area (Å²) in [5, 5.41) is 10.5. The fourth-order valence-corrected chi connectivity index (χ4v) is 4.30. The van der Waals surface area contributed by atoms with Crippen molar-refractivity contribution in [3.8, 4) is 11.3 Å². The lowest BCUT2D eigenvalue weighted by Crippen LogP contribution is -2.14. The summed E-state index contributed by atoms with van der Waals surface area (Å²) in [4.78, 5) is 21.4. The van der Waals surface area contributed by atoms with Gasteiger partial charge in [-0.2, -0.15) is 5.10 Å². The molecule has 3 aromatic heterocycles. The van der Waals surface area contributed by atoms with E-state index in [1.54, 1.807) is 18.3 Å². The minimum atomic E-state index is -1.06. The number of carbonyl (C=O) groups excluding carboxylic acids is 1. The van der Waals surface area contributed by atoms with Gasteiger partial charge in [-0.15, -0.1) is 0 Å². The van der Waals surface area contributed by atoms with Crippen molar-refractivity contribution in [2.75, 3.05) is 5.32 Å². The Morgan fingerprint density at radius 2 is 2.19 bits per heavy atom. The Hall–Kier alpha value is -2.46. The third kappa shape index (κ3) is 2.79. The number of anilines is 1. The lowest BCUT2D eigenvalue weighted by Gasteiger charge is -2.06. The van der Waals surface area contributed by atoms with Crippen molar-refractivity contribution in [1.29, 1.82) is 0 Å². The predicted molar refractivity (Wildman–Crippen MR) is 102 cm³/mol. The molecule has 136 valence electrons. The summed E-state index contributed by atoms with van der Waals surface area (Å²) in [7, 11) is 0. The number of nitrogens with zero attached hydrogens (tertiary/aromatic N) is 3. The van der Waals surface area contributed by atoms with E-state index in [0.717, 1.165) is 5.39 Å². The number of alkyl halides is 1. The molecule has 0 radical (unpaired) electrons. The second-order valence-electron chi connectivity index (χ2n) is 6.27. The van der Waals surface area contributed by atoms with Crippen LogP contribution in [0.2, 0.25) is 0 Å². The highest BCUT2D eigenvalue weighted by Gasteiger charge is 2.43. The molecule has 10 heteroatoms. The van der Waals surface area contributed by atoms with Crippen LogP contribution in [0.1, 0.15) is 6.42 Å². The van der Waals surface area contributed by atoms with Crippen LogP contribution in [0.4, 0.5) is 13.9 Å². The summed E-state index contributed by atoms with van der Waals surface area (Å²) in [5.74, 6) is -1.38. The Bertz CT molecular complexity index is 1220. The van der Waals surface area contributed by atoms with Crippen LogP contribution in [0, 0.1) is 11.7 Å². The molecule has 6 nitrogen and oxygen atoms in total. The smallest absolute Gasteiger partial charge is 0.232 e. The van der Waals surface area contributed by atoms with E-state index in [1.807, 2.05) is 0 Å². The Morgan fingerprint density at radius 1 is 1.37 bits per heavy atom. The maximum Gasteiger partial charge on any atom is 0.232 e. The number of H-pyrrole nitrogens is 1. The zero-order valence-corrected chi connectivity index (χ0v) is 15.9. The van der Waals surface area contributed by atoms with Gasteiger partial charge in [0.2, 0.25) is 5.91 Å². The van der Waals surface area contributed by atoms with Crippen molar-refractivity contribution < 1.29 is 13.6 Å². The topological polar surface area (TPSA) is 83.6 Å². The van der Waals surface area contributed by atoms with Crippen molar-refractivity contribution in [2.45, 2.75) is 12.6 Å². The van der Waals surface area contributed by atoms with Gasteiger partial charge in [-0.25, -0.2) is 18.7 Å². The van der Waals surface area contributed by atoms with E-state index in [1.165, 1.54) is 17.4 Å². The molecule has 0 spiro atoms. The normalized spacial score (nSPS) is 18.9. The minimum Gasteiger partial charge on any atom is -0.302 e. The van der Waals surface area contributed by atoms with E-state index >= 15 is 0 Å². The molecule has 4 aromatic rings. The van der Waals surface area contributed by atoms with Crippen LogP contribution in [-0.2, 0) is 4.79 Å². The van der Waals surface area contributed by atoms with E-state index in [9.17, 15) is 13.6 Å². The Labute approximate surface area is 163 Å². The van der Waals surface area contributed by atoms with Crippen molar-refractivity contribution in [1.82, 2.24) is 20.2 Å². The number of benzene rings is 1. The molecule has 0 bridgehead atoms.